The Morgan fingerprint density at radius 2 is 2.12 bits per heavy atom. The van der Waals surface area contributed by atoms with Gasteiger partial charge in [0.05, 0.1) is 20.8 Å². The Morgan fingerprint density at radius 1 is 1.31 bits per heavy atom. The zero-order chi connectivity index (χ0) is 18.0. The summed E-state index contributed by atoms with van der Waals surface area (Å²) < 4.78 is 6.96. The monoisotopic (exact) mass is 373 g/mol. The molecule has 1 aromatic carbocycles. The van der Waals surface area contributed by atoms with Crippen LogP contribution in [-0.4, -0.2) is 53.5 Å². The molecule has 0 aliphatic carbocycles. The molecule has 6 nitrogen and oxygen atoms in total. The van der Waals surface area contributed by atoms with Crippen molar-refractivity contribution in [3.05, 3.63) is 29.3 Å². The lowest BCUT2D eigenvalue weighted by atomic mass is 9.90. The molecule has 1 spiro atoms. The first-order chi connectivity index (χ1) is 12.6. The van der Waals surface area contributed by atoms with E-state index in [-0.39, 0.29) is 24.0 Å². The highest BCUT2D eigenvalue weighted by Crippen LogP contribution is 2.28. The van der Waals surface area contributed by atoms with Gasteiger partial charge in [-0.15, -0.1) is 11.3 Å². The first-order valence-corrected chi connectivity index (χ1v) is 9.98. The summed E-state index contributed by atoms with van der Waals surface area (Å²) in [6.07, 6.45) is 3.80. The van der Waals surface area contributed by atoms with Crippen LogP contribution in [0, 0.1) is 0 Å². The molecule has 0 bridgehead atoms. The maximum absolute atomic E-state index is 12.5. The predicted octanol–water partition coefficient (Wildman–Crippen LogP) is 2.13. The summed E-state index contributed by atoms with van der Waals surface area (Å²) >= 11 is 1.71. The molecule has 7 heteroatoms. The zero-order valence-electron chi connectivity index (χ0n) is 14.7. The van der Waals surface area contributed by atoms with E-state index >= 15 is 0 Å². The maximum Gasteiger partial charge on any atom is 0.246 e. The fourth-order valence-corrected chi connectivity index (χ4v) is 4.65. The first kappa shape index (κ1) is 17.4. The zero-order valence-corrected chi connectivity index (χ0v) is 15.5. The third-order valence-corrected chi connectivity index (χ3v) is 6.36. The van der Waals surface area contributed by atoms with Gasteiger partial charge >= 0.3 is 0 Å². The Morgan fingerprint density at radius 3 is 2.85 bits per heavy atom. The number of aryl methyl sites for hydroxylation is 1. The second-order valence-electron chi connectivity index (χ2n) is 7.06. The maximum atomic E-state index is 12.5. The van der Waals surface area contributed by atoms with Gasteiger partial charge in [-0.1, -0.05) is 12.1 Å². The molecule has 0 saturated carbocycles. The van der Waals surface area contributed by atoms with Crippen LogP contribution >= 0.6 is 11.3 Å². The average Bonchev–Trinajstić information content (AvgIpc) is 3.08. The fraction of sp³-hybridized carbons (Fsp3) is 0.526. The molecule has 2 aliphatic heterocycles. The Labute approximate surface area is 156 Å². The summed E-state index contributed by atoms with van der Waals surface area (Å²) in [5.74, 6) is 0.157. The van der Waals surface area contributed by atoms with Crippen molar-refractivity contribution in [1.29, 1.82) is 0 Å². The fourth-order valence-electron chi connectivity index (χ4n) is 3.64. The number of thiazole rings is 1. The number of likely N-dealkylation sites (tertiary alicyclic amines) is 1. The molecule has 2 saturated heterocycles. The summed E-state index contributed by atoms with van der Waals surface area (Å²) in [5, 5.41) is 3.98. The average molecular weight is 373 g/mol. The normalized spacial score (nSPS) is 19.7. The van der Waals surface area contributed by atoms with E-state index in [1.165, 1.54) is 4.70 Å². The summed E-state index contributed by atoms with van der Waals surface area (Å²) in [6.45, 7) is 2.10. The summed E-state index contributed by atoms with van der Waals surface area (Å²) in [5.41, 5.74) is 0.769. The minimum atomic E-state index is -0.272. The van der Waals surface area contributed by atoms with Crippen LogP contribution in [0.2, 0.25) is 0 Å². The van der Waals surface area contributed by atoms with Crippen LogP contribution in [0.4, 0.5) is 0 Å². The van der Waals surface area contributed by atoms with Crippen molar-refractivity contribution in [2.24, 2.45) is 0 Å². The van der Waals surface area contributed by atoms with E-state index in [2.05, 4.69) is 16.4 Å². The van der Waals surface area contributed by atoms with Gasteiger partial charge in [0.25, 0.3) is 0 Å². The van der Waals surface area contributed by atoms with E-state index in [4.69, 9.17) is 4.74 Å². The minimum absolute atomic E-state index is 0.0519. The lowest BCUT2D eigenvalue weighted by Gasteiger charge is -2.43. The number of fused-ring (bicyclic) bond motifs is 1. The molecule has 2 aliphatic rings. The Balaban J connectivity index is 1.23. The van der Waals surface area contributed by atoms with Crippen molar-refractivity contribution >= 4 is 33.4 Å². The number of morpholine rings is 1. The molecule has 0 unspecified atom stereocenters. The van der Waals surface area contributed by atoms with Crippen LogP contribution in [0.25, 0.3) is 10.2 Å². The SMILES string of the molecule is O=C1COC2(CCN(C(=O)CCCc3nc4ccccc4s3)CC2)CN1. The molecule has 1 aromatic heterocycles. The molecule has 138 valence electrons. The molecule has 0 radical (unpaired) electrons. The smallest absolute Gasteiger partial charge is 0.246 e. The molecular weight excluding hydrogens is 350 g/mol. The number of piperidine rings is 1. The summed E-state index contributed by atoms with van der Waals surface area (Å²) in [4.78, 5) is 30.3. The van der Waals surface area contributed by atoms with Crippen molar-refractivity contribution < 1.29 is 14.3 Å². The molecule has 3 heterocycles. The number of rotatable bonds is 4. The Bertz CT molecular complexity index is 766. The Hall–Kier alpha value is -1.99. The van der Waals surface area contributed by atoms with Gasteiger partial charge in [-0.2, -0.15) is 0 Å². The highest BCUT2D eigenvalue weighted by molar-refractivity contribution is 7.18. The number of hydrogen-bond donors (Lipinski definition) is 1. The van der Waals surface area contributed by atoms with Gasteiger partial charge < -0.3 is 15.0 Å². The quantitative estimate of drug-likeness (QED) is 0.891. The molecule has 2 aromatic rings. The van der Waals surface area contributed by atoms with Gasteiger partial charge in [0.1, 0.15) is 6.61 Å². The van der Waals surface area contributed by atoms with E-state index in [9.17, 15) is 9.59 Å². The number of carbonyl (C=O) groups excluding carboxylic acids is 2. The topological polar surface area (TPSA) is 71.5 Å². The number of para-hydroxylation sites is 1. The lowest BCUT2D eigenvalue weighted by Crippen LogP contribution is -2.58. The second-order valence-corrected chi connectivity index (χ2v) is 8.17. The van der Waals surface area contributed by atoms with E-state index in [0.717, 1.165) is 36.2 Å². The van der Waals surface area contributed by atoms with Crippen LogP contribution in [0.5, 0.6) is 0 Å². The number of carbonyl (C=O) groups is 2. The lowest BCUT2D eigenvalue weighted by molar-refractivity contribution is -0.154. The minimum Gasteiger partial charge on any atom is -0.363 e. The third-order valence-electron chi connectivity index (χ3n) is 5.26. The molecule has 2 fully saturated rings. The van der Waals surface area contributed by atoms with Crippen molar-refractivity contribution in [2.45, 2.75) is 37.7 Å². The van der Waals surface area contributed by atoms with Crippen molar-refractivity contribution in [3.8, 4) is 0 Å². The number of ether oxygens (including phenoxy) is 1. The van der Waals surface area contributed by atoms with Gasteiger partial charge in [-0.05, 0) is 37.8 Å². The number of amides is 2. The molecule has 0 atom stereocenters. The highest BCUT2D eigenvalue weighted by Gasteiger charge is 2.39. The number of hydrogen-bond acceptors (Lipinski definition) is 5. The number of benzene rings is 1. The van der Waals surface area contributed by atoms with Crippen molar-refractivity contribution in [1.82, 2.24) is 15.2 Å². The third kappa shape index (κ3) is 3.73. The number of nitrogens with one attached hydrogen (secondary N) is 1. The summed E-state index contributed by atoms with van der Waals surface area (Å²) in [7, 11) is 0. The largest absolute Gasteiger partial charge is 0.363 e. The van der Waals surface area contributed by atoms with Gasteiger partial charge in [0, 0.05) is 26.1 Å². The second kappa shape index (κ2) is 7.32. The van der Waals surface area contributed by atoms with Crippen LogP contribution in [0.15, 0.2) is 24.3 Å². The van der Waals surface area contributed by atoms with Gasteiger partial charge in [0.15, 0.2) is 0 Å². The van der Waals surface area contributed by atoms with Gasteiger partial charge in [-0.25, -0.2) is 4.98 Å². The highest BCUT2D eigenvalue weighted by atomic mass is 32.1. The standard InChI is InChI=1S/C19H23N3O3S/c23-16-12-25-19(13-20-16)8-10-22(11-9-19)18(24)7-3-6-17-21-14-4-1-2-5-15(14)26-17/h1-2,4-5H,3,6-13H2,(H,20,23). The van der Waals surface area contributed by atoms with E-state index < -0.39 is 0 Å². The molecule has 26 heavy (non-hydrogen) atoms. The Kier molecular flexibility index (Phi) is 4.91. The van der Waals surface area contributed by atoms with Crippen molar-refractivity contribution in [2.75, 3.05) is 26.2 Å². The van der Waals surface area contributed by atoms with Crippen LogP contribution in [-0.2, 0) is 20.7 Å². The summed E-state index contributed by atoms with van der Waals surface area (Å²) in [6, 6.07) is 8.14. The van der Waals surface area contributed by atoms with Crippen LogP contribution in [0.3, 0.4) is 0 Å². The molecule has 4 rings (SSSR count). The van der Waals surface area contributed by atoms with Gasteiger partial charge in [0.2, 0.25) is 11.8 Å². The van der Waals surface area contributed by atoms with E-state index in [0.29, 0.717) is 26.1 Å². The predicted molar refractivity (Wildman–Crippen MR) is 100 cm³/mol. The molecule has 1 N–H and O–H groups in total. The first-order valence-electron chi connectivity index (χ1n) is 9.16. The van der Waals surface area contributed by atoms with Crippen molar-refractivity contribution in [3.63, 3.8) is 0 Å². The number of aromatic nitrogens is 1. The van der Waals surface area contributed by atoms with Crippen LogP contribution in [0.1, 0.15) is 30.7 Å². The van der Waals surface area contributed by atoms with Crippen LogP contribution < -0.4 is 5.32 Å². The molecule has 2 amide bonds. The number of nitrogens with zero attached hydrogens (tertiary/aromatic N) is 2. The van der Waals surface area contributed by atoms with Gasteiger partial charge in [-0.3, -0.25) is 9.59 Å². The molecular formula is C19H23N3O3S. The van der Waals surface area contributed by atoms with E-state index in [1.54, 1.807) is 11.3 Å². The van der Waals surface area contributed by atoms with E-state index in [1.807, 2.05) is 23.1 Å².